The molecule has 29 heavy (non-hydrogen) atoms. The summed E-state index contributed by atoms with van der Waals surface area (Å²) in [5, 5.41) is 7.64. The Kier molecular flexibility index (Phi) is 6.46. The smallest absolute Gasteiger partial charge is 0.238 e. The summed E-state index contributed by atoms with van der Waals surface area (Å²) in [5.41, 5.74) is 1.33. The number of aromatic nitrogens is 3. The molecule has 1 fully saturated rings. The van der Waals surface area contributed by atoms with Gasteiger partial charge in [0.1, 0.15) is 12.7 Å². The number of halogens is 2. The van der Waals surface area contributed by atoms with Crippen LogP contribution in [0.25, 0.3) is 5.69 Å². The summed E-state index contributed by atoms with van der Waals surface area (Å²) in [5.74, 6) is -0.0767. The number of hydrogen-bond donors (Lipinski definition) is 1. The molecule has 152 valence electrons. The maximum absolute atomic E-state index is 12.6. The van der Waals surface area contributed by atoms with Crippen LogP contribution in [0.4, 0.5) is 5.69 Å². The molecule has 1 aliphatic heterocycles. The van der Waals surface area contributed by atoms with Crippen molar-refractivity contribution in [3.63, 3.8) is 0 Å². The maximum atomic E-state index is 12.6. The molecule has 0 unspecified atom stereocenters. The van der Waals surface area contributed by atoms with Crippen molar-refractivity contribution < 1.29 is 4.79 Å². The molecular formula is C19H20Cl2N6OS. The van der Waals surface area contributed by atoms with E-state index in [9.17, 15) is 4.79 Å². The predicted octanol–water partition coefficient (Wildman–Crippen LogP) is 3.39. The van der Waals surface area contributed by atoms with Crippen LogP contribution >= 0.6 is 34.5 Å². The normalized spacial score (nSPS) is 15.5. The van der Waals surface area contributed by atoms with E-state index in [4.69, 9.17) is 23.2 Å². The zero-order chi connectivity index (χ0) is 20.2. The first-order valence-electron chi connectivity index (χ1n) is 9.20. The van der Waals surface area contributed by atoms with Gasteiger partial charge in [0.15, 0.2) is 0 Å². The van der Waals surface area contributed by atoms with Gasteiger partial charge in [0.2, 0.25) is 5.91 Å². The summed E-state index contributed by atoms with van der Waals surface area (Å²) in [6.07, 6.45) is 3.03. The van der Waals surface area contributed by atoms with Gasteiger partial charge in [-0.25, -0.2) is 9.67 Å². The number of rotatable bonds is 6. The van der Waals surface area contributed by atoms with Gasteiger partial charge in [0, 0.05) is 42.6 Å². The summed E-state index contributed by atoms with van der Waals surface area (Å²) in [6.45, 7) is 4.77. The average molecular weight is 451 g/mol. The molecule has 0 aliphatic carbocycles. The van der Waals surface area contributed by atoms with E-state index < -0.39 is 0 Å². The van der Waals surface area contributed by atoms with Crippen molar-refractivity contribution in [3.8, 4) is 5.69 Å². The summed E-state index contributed by atoms with van der Waals surface area (Å²) < 4.78 is 2.42. The number of anilines is 1. The SMILES string of the molecule is O=C(CN1CCN(Cc2ccc(Cl)s2)CC1)Nc1cc(Cl)ccc1-n1cncn1. The van der Waals surface area contributed by atoms with Gasteiger partial charge in [-0.1, -0.05) is 23.2 Å². The number of amides is 1. The minimum absolute atomic E-state index is 0.0767. The Morgan fingerprint density at radius 3 is 2.59 bits per heavy atom. The number of nitrogens with zero attached hydrogens (tertiary/aromatic N) is 5. The van der Waals surface area contributed by atoms with Crippen molar-refractivity contribution in [2.75, 3.05) is 38.0 Å². The van der Waals surface area contributed by atoms with Crippen LogP contribution in [-0.4, -0.2) is 63.2 Å². The molecule has 1 saturated heterocycles. The van der Waals surface area contributed by atoms with Gasteiger partial charge in [-0.15, -0.1) is 11.3 Å². The zero-order valence-electron chi connectivity index (χ0n) is 15.6. The number of piperazine rings is 1. The van der Waals surface area contributed by atoms with E-state index in [-0.39, 0.29) is 5.91 Å². The summed E-state index contributed by atoms with van der Waals surface area (Å²) in [6, 6.07) is 9.30. The Balaban J connectivity index is 1.31. The Labute approximate surface area is 182 Å². The van der Waals surface area contributed by atoms with E-state index in [0.717, 1.165) is 42.7 Å². The molecule has 10 heteroatoms. The lowest BCUT2D eigenvalue weighted by molar-refractivity contribution is -0.117. The highest BCUT2D eigenvalue weighted by Crippen LogP contribution is 2.25. The van der Waals surface area contributed by atoms with Crippen LogP contribution in [0.1, 0.15) is 4.88 Å². The van der Waals surface area contributed by atoms with E-state index in [1.54, 1.807) is 34.5 Å². The van der Waals surface area contributed by atoms with Gasteiger partial charge in [-0.2, -0.15) is 5.10 Å². The maximum Gasteiger partial charge on any atom is 0.238 e. The van der Waals surface area contributed by atoms with Crippen LogP contribution in [0.3, 0.4) is 0 Å². The largest absolute Gasteiger partial charge is 0.323 e. The highest BCUT2D eigenvalue weighted by atomic mass is 35.5. The molecule has 1 aliphatic rings. The fourth-order valence-corrected chi connectivity index (χ4v) is 4.60. The molecule has 1 amide bonds. The number of benzene rings is 1. The Morgan fingerprint density at radius 1 is 1.10 bits per heavy atom. The van der Waals surface area contributed by atoms with E-state index in [1.165, 1.54) is 11.2 Å². The Morgan fingerprint density at radius 2 is 1.90 bits per heavy atom. The minimum atomic E-state index is -0.0767. The van der Waals surface area contributed by atoms with E-state index in [1.807, 2.05) is 12.1 Å². The molecule has 0 bridgehead atoms. The molecule has 7 nitrogen and oxygen atoms in total. The molecule has 1 aromatic carbocycles. The molecule has 0 saturated carbocycles. The topological polar surface area (TPSA) is 66.3 Å². The summed E-state index contributed by atoms with van der Waals surface area (Å²) in [4.78, 5) is 22.4. The molecule has 1 N–H and O–H groups in total. The molecule has 2 aromatic heterocycles. The molecular weight excluding hydrogens is 431 g/mol. The lowest BCUT2D eigenvalue weighted by Gasteiger charge is -2.34. The first-order valence-corrected chi connectivity index (χ1v) is 10.8. The second-order valence-electron chi connectivity index (χ2n) is 6.81. The van der Waals surface area contributed by atoms with E-state index in [2.05, 4.69) is 31.3 Å². The second kappa shape index (κ2) is 9.23. The van der Waals surface area contributed by atoms with Gasteiger partial charge in [0.05, 0.1) is 22.3 Å². The third kappa shape index (κ3) is 5.34. The summed E-state index contributed by atoms with van der Waals surface area (Å²) in [7, 11) is 0. The van der Waals surface area contributed by atoms with Crippen molar-refractivity contribution in [2.45, 2.75) is 6.54 Å². The van der Waals surface area contributed by atoms with Crippen LogP contribution in [0, 0.1) is 0 Å². The third-order valence-corrected chi connectivity index (χ3v) is 6.19. The number of nitrogens with one attached hydrogen (secondary N) is 1. The average Bonchev–Trinajstić information content (AvgIpc) is 3.35. The summed E-state index contributed by atoms with van der Waals surface area (Å²) >= 11 is 13.7. The highest BCUT2D eigenvalue weighted by Gasteiger charge is 2.20. The molecule has 0 spiro atoms. The highest BCUT2D eigenvalue weighted by molar-refractivity contribution is 7.16. The molecule has 0 radical (unpaired) electrons. The van der Waals surface area contributed by atoms with Gasteiger partial charge in [0.25, 0.3) is 0 Å². The quantitative estimate of drug-likeness (QED) is 0.623. The van der Waals surface area contributed by atoms with Crippen molar-refractivity contribution in [1.29, 1.82) is 0 Å². The van der Waals surface area contributed by atoms with Crippen LogP contribution in [0.2, 0.25) is 9.36 Å². The fraction of sp³-hybridized carbons (Fsp3) is 0.316. The van der Waals surface area contributed by atoms with Gasteiger partial charge in [-0.3, -0.25) is 14.6 Å². The lowest BCUT2D eigenvalue weighted by atomic mass is 10.2. The monoisotopic (exact) mass is 450 g/mol. The standard InChI is InChI=1S/C19H20Cl2N6OS/c20-14-1-3-17(27-13-22-12-23-27)16(9-14)24-19(28)11-26-7-5-25(6-8-26)10-15-2-4-18(21)29-15/h1-4,9,12-13H,5-8,10-11H2,(H,24,28). The third-order valence-electron chi connectivity index (χ3n) is 4.74. The van der Waals surface area contributed by atoms with Gasteiger partial charge in [-0.05, 0) is 30.3 Å². The van der Waals surface area contributed by atoms with Crippen LogP contribution < -0.4 is 5.32 Å². The van der Waals surface area contributed by atoms with Gasteiger partial charge < -0.3 is 5.32 Å². The Hall–Kier alpha value is -1.97. The van der Waals surface area contributed by atoms with E-state index >= 15 is 0 Å². The molecule has 3 aromatic rings. The van der Waals surface area contributed by atoms with Crippen molar-refractivity contribution in [2.24, 2.45) is 0 Å². The fourth-order valence-electron chi connectivity index (χ4n) is 3.30. The zero-order valence-corrected chi connectivity index (χ0v) is 17.9. The van der Waals surface area contributed by atoms with E-state index in [0.29, 0.717) is 17.3 Å². The van der Waals surface area contributed by atoms with Gasteiger partial charge >= 0.3 is 0 Å². The second-order valence-corrected chi connectivity index (χ2v) is 9.04. The van der Waals surface area contributed by atoms with Crippen LogP contribution in [-0.2, 0) is 11.3 Å². The number of carbonyl (C=O) groups excluding carboxylic acids is 1. The number of carbonyl (C=O) groups is 1. The molecule has 4 rings (SSSR count). The van der Waals surface area contributed by atoms with Crippen molar-refractivity contribution in [3.05, 3.63) is 57.2 Å². The first-order chi connectivity index (χ1) is 14.1. The lowest BCUT2D eigenvalue weighted by Crippen LogP contribution is -2.48. The van der Waals surface area contributed by atoms with Crippen molar-refractivity contribution >= 4 is 46.1 Å². The molecule has 0 atom stereocenters. The first kappa shape index (κ1) is 20.3. The van der Waals surface area contributed by atoms with Crippen molar-refractivity contribution in [1.82, 2.24) is 24.6 Å². The predicted molar refractivity (Wildman–Crippen MR) is 116 cm³/mol. The Bertz CT molecular complexity index is 969. The van der Waals surface area contributed by atoms with Crippen LogP contribution in [0.5, 0.6) is 0 Å². The van der Waals surface area contributed by atoms with Crippen LogP contribution in [0.15, 0.2) is 43.0 Å². The number of hydrogen-bond acceptors (Lipinski definition) is 6. The number of thiophene rings is 1. The minimum Gasteiger partial charge on any atom is -0.323 e. The molecule has 3 heterocycles.